The van der Waals surface area contributed by atoms with Gasteiger partial charge in [0.1, 0.15) is 0 Å². The normalized spacial score (nSPS) is 14.5. The molecular weight excluding hydrogens is 326 g/mol. The first-order valence-electron chi connectivity index (χ1n) is 8.19. The standard InChI is InChI=1S/C17H22ClN5O/c1-22-12-13(11-20-22)10-19-17(24)21-14-5-6-16(15(18)9-14)23-7-3-2-4-8-23/h5-6,9,11-12H,2-4,7-8,10H2,1H3,(H2,19,21,24). The average Bonchev–Trinajstić information content (AvgIpc) is 2.99. The van der Waals surface area contributed by atoms with Gasteiger partial charge in [0, 0.05) is 44.1 Å². The fourth-order valence-electron chi connectivity index (χ4n) is 2.90. The molecule has 2 heterocycles. The second kappa shape index (κ2) is 7.57. The third-order valence-corrected chi connectivity index (χ3v) is 4.42. The van der Waals surface area contributed by atoms with Crippen LogP contribution in [0, 0.1) is 0 Å². The Labute approximate surface area is 146 Å². The van der Waals surface area contributed by atoms with Crippen LogP contribution in [0.3, 0.4) is 0 Å². The Balaban J connectivity index is 1.56. The maximum Gasteiger partial charge on any atom is 0.319 e. The molecule has 1 fully saturated rings. The number of piperidine rings is 1. The highest BCUT2D eigenvalue weighted by molar-refractivity contribution is 6.33. The summed E-state index contributed by atoms with van der Waals surface area (Å²) >= 11 is 6.40. The predicted molar refractivity (Wildman–Crippen MR) is 96.6 cm³/mol. The van der Waals surface area contributed by atoms with Gasteiger partial charge in [-0.05, 0) is 37.5 Å². The van der Waals surface area contributed by atoms with Crippen molar-refractivity contribution in [3.8, 4) is 0 Å². The lowest BCUT2D eigenvalue weighted by Crippen LogP contribution is -2.30. The number of halogens is 1. The Hall–Kier alpha value is -2.21. The number of rotatable bonds is 4. The molecule has 0 unspecified atom stereocenters. The lowest BCUT2D eigenvalue weighted by molar-refractivity contribution is 0.251. The highest BCUT2D eigenvalue weighted by Crippen LogP contribution is 2.30. The van der Waals surface area contributed by atoms with Gasteiger partial charge in [-0.15, -0.1) is 0 Å². The summed E-state index contributed by atoms with van der Waals surface area (Å²) in [4.78, 5) is 14.3. The molecule has 0 saturated carbocycles. The Morgan fingerprint density at radius 3 is 2.75 bits per heavy atom. The molecule has 0 atom stereocenters. The van der Waals surface area contributed by atoms with Crippen molar-refractivity contribution in [2.45, 2.75) is 25.8 Å². The zero-order valence-electron chi connectivity index (χ0n) is 13.8. The number of aromatic nitrogens is 2. The van der Waals surface area contributed by atoms with Crippen molar-refractivity contribution in [1.82, 2.24) is 15.1 Å². The summed E-state index contributed by atoms with van der Waals surface area (Å²) < 4.78 is 1.70. The number of aryl methyl sites for hydroxylation is 1. The first kappa shape index (κ1) is 16.6. The largest absolute Gasteiger partial charge is 0.370 e. The van der Waals surface area contributed by atoms with Gasteiger partial charge in [0.25, 0.3) is 0 Å². The van der Waals surface area contributed by atoms with E-state index in [1.54, 1.807) is 16.9 Å². The van der Waals surface area contributed by atoms with Crippen LogP contribution in [-0.4, -0.2) is 28.9 Å². The number of amides is 2. The van der Waals surface area contributed by atoms with E-state index in [0.717, 1.165) is 24.3 Å². The fraction of sp³-hybridized carbons (Fsp3) is 0.412. The molecule has 2 amide bonds. The van der Waals surface area contributed by atoms with Crippen molar-refractivity contribution in [3.63, 3.8) is 0 Å². The van der Waals surface area contributed by atoms with Gasteiger partial charge in [-0.2, -0.15) is 5.10 Å². The van der Waals surface area contributed by atoms with E-state index >= 15 is 0 Å². The third-order valence-electron chi connectivity index (χ3n) is 4.11. The molecule has 3 rings (SSSR count). The summed E-state index contributed by atoms with van der Waals surface area (Å²) in [6, 6.07) is 5.40. The number of hydrogen-bond acceptors (Lipinski definition) is 3. The summed E-state index contributed by atoms with van der Waals surface area (Å²) in [5.41, 5.74) is 2.67. The molecule has 1 saturated heterocycles. The van der Waals surface area contributed by atoms with Crippen LogP contribution < -0.4 is 15.5 Å². The lowest BCUT2D eigenvalue weighted by Gasteiger charge is -2.29. The van der Waals surface area contributed by atoms with Crippen LogP contribution >= 0.6 is 11.6 Å². The van der Waals surface area contributed by atoms with Crippen molar-refractivity contribution in [3.05, 3.63) is 41.2 Å². The minimum Gasteiger partial charge on any atom is -0.370 e. The highest BCUT2D eigenvalue weighted by atomic mass is 35.5. The van der Waals surface area contributed by atoms with Crippen LogP contribution in [0.2, 0.25) is 5.02 Å². The molecule has 128 valence electrons. The molecule has 24 heavy (non-hydrogen) atoms. The van der Waals surface area contributed by atoms with E-state index in [0.29, 0.717) is 17.3 Å². The van der Waals surface area contributed by atoms with Gasteiger partial charge in [-0.1, -0.05) is 11.6 Å². The summed E-state index contributed by atoms with van der Waals surface area (Å²) in [6.07, 6.45) is 7.28. The molecule has 6 nitrogen and oxygen atoms in total. The molecule has 1 aromatic carbocycles. The molecule has 0 bridgehead atoms. The van der Waals surface area contributed by atoms with Gasteiger partial charge < -0.3 is 15.5 Å². The lowest BCUT2D eigenvalue weighted by atomic mass is 10.1. The molecule has 1 aliphatic rings. The second-order valence-electron chi connectivity index (χ2n) is 6.04. The van der Waals surface area contributed by atoms with E-state index in [1.807, 2.05) is 25.4 Å². The van der Waals surface area contributed by atoms with Gasteiger partial charge in [-0.25, -0.2) is 4.79 Å². The average molecular weight is 348 g/mol. The number of anilines is 2. The van der Waals surface area contributed by atoms with Gasteiger partial charge in [-0.3, -0.25) is 4.68 Å². The number of carbonyl (C=O) groups excluding carboxylic acids is 1. The second-order valence-corrected chi connectivity index (χ2v) is 6.45. The number of benzene rings is 1. The maximum atomic E-state index is 12.0. The van der Waals surface area contributed by atoms with Crippen LogP contribution in [0.25, 0.3) is 0 Å². The van der Waals surface area contributed by atoms with Crippen molar-refractivity contribution in [1.29, 1.82) is 0 Å². The fourth-order valence-corrected chi connectivity index (χ4v) is 3.20. The van der Waals surface area contributed by atoms with E-state index in [1.165, 1.54) is 19.3 Å². The number of nitrogens with zero attached hydrogens (tertiary/aromatic N) is 3. The van der Waals surface area contributed by atoms with Gasteiger partial charge in [0.15, 0.2) is 0 Å². The highest BCUT2D eigenvalue weighted by Gasteiger charge is 2.14. The van der Waals surface area contributed by atoms with Crippen LogP contribution in [0.4, 0.5) is 16.2 Å². The van der Waals surface area contributed by atoms with E-state index in [9.17, 15) is 4.79 Å². The zero-order valence-corrected chi connectivity index (χ0v) is 14.5. The monoisotopic (exact) mass is 347 g/mol. The van der Waals surface area contributed by atoms with Crippen LogP contribution in [-0.2, 0) is 13.6 Å². The summed E-state index contributed by atoms with van der Waals surface area (Å²) in [6.45, 7) is 2.51. The van der Waals surface area contributed by atoms with E-state index in [2.05, 4.69) is 20.6 Å². The Kier molecular flexibility index (Phi) is 5.25. The van der Waals surface area contributed by atoms with Crippen LogP contribution in [0.5, 0.6) is 0 Å². The molecule has 0 aliphatic carbocycles. The summed E-state index contributed by atoms with van der Waals surface area (Å²) in [5, 5.41) is 10.3. The third kappa shape index (κ3) is 4.20. The van der Waals surface area contributed by atoms with Crippen molar-refractivity contribution in [2.75, 3.05) is 23.3 Å². The molecule has 7 heteroatoms. The van der Waals surface area contributed by atoms with Crippen molar-refractivity contribution in [2.24, 2.45) is 7.05 Å². The quantitative estimate of drug-likeness (QED) is 0.891. The molecule has 1 aromatic heterocycles. The number of hydrogen-bond donors (Lipinski definition) is 2. The Morgan fingerprint density at radius 1 is 1.29 bits per heavy atom. The first-order chi connectivity index (χ1) is 11.6. The predicted octanol–water partition coefficient (Wildman–Crippen LogP) is 3.39. The minimum absolute atomic E-state index is 0.263. The van der Waals surface area contributed by atoms with Gasteiger partial charge >= 0.3 is 6.03 Å². The van der Waals surface area contributed by atoms with Gasteiger partial charge in [0.2, 0.25) is 0 Å². The number of nitrogens with one attached hydrogen (secondary N) is 2. The van der Waals surface area contributed by atoms with E-state index in [-0.39, 0.29) is 6.03 Å². The zero-order chi connectivity index (χ0) is 16.9. The topological polar surface area (TPSA) is 62.2 Å². The number of urea groups is 1. The minimum atomic E-state index is -0.263. The molecule has 0 spiro atoms. The molecular formula is C17H22ClN5O. The van der Waals surface area contributed by atoms with E-state index in [4.69, 9.17) is 11.6 Å². The maximum absolute atomic E-state index is 12.0. The van der Waals surface area contributed by atoms with Crippen LogP contribution in [0.15, 0.2) is 30.6 Å². The van der Waals surface area contributed by atoms with Crippen LogP contribution in [0.1, 0.15) is 24.8 Å². The summed E-state index contributed by atoms with van der Waals surface area (Å²) in [7, 11) is 1.84. The summed E-state index contributed by atoms with van der Waals surface area (Å²) in [5.74, 6) is 0. The van der Waals surface area contributed by atoms with Gasteiger partial charge in [0.05, 0.1) is 16.9 Å². The molecule has 0 radical (unpaired) electrons. The Morgan fingerprint density at radius 2 is 2.08 bits per heavy atom. The smallest absolute Gasteiger partial charge is 0.319 e. The van der Waals surface area contributed by atoms with Crippen molar-refractivity contribution >= 4 is 29.0 Å². The van der Waals surface area contributed by atoms with Crippen molar-refractivity contribution < 1.29 is 4.79 Å². The molecule has 2 aromatic rings. The molecule has 1 aliphatic heterocycles. The molecule has 2 N–H and O–H groups in total. The number of carbonyl (C=O) groups is 1. The first-order valence-corrected chi connectivity index (χ1v) is 8.56. The van der Waals surface area contributed by atoms with E-state index < -0.39 is 0 Å². The SMILES string of the molecule is Cn1cc(CNC(=O)Nc2ccc(N3CCCCC3)c(Cl)c2)cn1. The Bertz CT molecular complexity index is 709.